The minimum atomic E-state index is -0.944. The van der Waals surface area contributed by atoms with Crippen molar-refractivity contribution in [3.05, 3.63) is 42.5 Å². The number of carbonyl (C=O) groups is 2. The summed E-state index contributed by atoms with van der Waals surface area (Å²) in [7, 11) is 0. The van der Waals surface area contributed by atoms with Crippen molar-refractivity contribution in [1.29, 1.82) is 0 Å². The number of benzene rings is 2. The molecule has 0 saturated carbocycles. The molecule has 4 rings (SSSR count). The number of fused-ring (bicyclic) bond motifs is 1. The molecule has 6 nitrogen and oxygen atoms in total. The Bertz CT molecular complexity index is 850. The lowest BCUT2D eigenvalue weighted by atomic mass is 9.99. The maximum Gasteiger partial charge on any atom is 0.325 e. The number of ether oxygens (including phenoxy) is 1. The molecule has 2 N–H and O–H groups in total. The van der Waals surface area contributed by atoms with Gasteiger partial charge in [0.15, 0.2) is 0 Å². The molecule has 2 heterocycles. The molecule has 2 fully saturated rings. The number of nitrogens with one attached hydrogen (secondary N) is 1. The van der Waals surface area contributed by atoms with E-state index in [4.69, 9.17) is 4.74 Å². The molecule has 2 aliphatic rings. The van der Waals surface area contributed by atoms with Gasteiger partial charge in [0.1, 0.15) is 24.0 Å². The Morgan fingerprint density at radius 1 is 1.23 bits per heavy atom. The zero-order chi connectivity index (χ0) is 18.1. The topological polar surface area (TPSA) is 78.9 Å². The van der Waals surface area contributed by atoms with Crippen LogP contribution in [0.15, 0.2) is 42.5 Å². The molecule has 2 aromatic carbocycles. The molecule has 2 atom stereocenters. The van der Waals surface area contributed by atoms with Crippen molar-refractivity contribution in [3.8, 4) is 5.75 Å². The number of nitrogens with zero attached hydrogens (tertiary/aromatic N) is 1. The zero-order valence-corrected chi connectivity index (χ0v) is 15.0. The van der Waals surface area contributed by atoms with Gasteiger partial charge in [-0.2, -0.15) is 11.8 Å². The summed E-state index contributed by atoms with van der Waals surface area (Å²) in [4.78, 5) is 25.8. The fourth-order valence-corrected chi connectivity index (χ4v) is 4.71. The van der Waals surface area contributed by atoms with Gasteiger partial charge in [0.25, 0.3) is 5.91 Å². The average molecular weight is 372 g/mol. The van der Waals surface area contributed by atoms with Crippen LogP contribution >= 0.6 is 11.8 Å². The number of rotatable bonds is 5. The van der Waals surface area contributed by atoms with Gasteiger partial charge in [-0.1, -0.05) is 30.3 Å². The third kappa shape index (κ3) is 3.12. The number of imide groups is 1. The standard InChI is InChI=1S/C19H20N2O4S/c22-15(10-21-17(23)19(20-18(21)24)7-8-26-12-19)11-25-16-6-5-13-3-1-2-4-14(13)9-16/h1-6,9,15,22H,7-8,10-12H2,(H,20,24)/t15-,19-/m1/s1. The monoisotopic (exact) mass is 372 g/mol. The van der Waals surface area contributed by atoms with E-state index in [2.05, 4.69) is 5.32 Å². The summed E-state index contributed by atoms with van der Waals surface area (Å²) in [5.41, 5.74) is -0.777. The molecule has 2 saturated heterocycles. The molecular formula is C19H20N2O4S. The van der Waals surface area contributed by atoms with Crippen molar-refractivity contribution in [2.75, 3.05) is 24.7 Å². The quantitative estimate of drug-likeness (QED) is 0.785. The molecule has 0 aromatic heterocycles. The third-order valence-electron chi connectivity index (χ3n) is 4.82. The first-order valence-electron chi connectivity index (χ1n) is 8.59. The van der Waals surface area contributed by atoms with Crippen LogP contribution in [0.1, 0.15) is 6.42 Å². The van der Waals surface area contributed by atoms with Gasteiger partial charge in [0.2, 0.25) is 0 Å². The van der Waals surface area contributed by atoms with Crippen LogP contribution in [-0.4, -0.2) is 58.2 Å². The Balaban J connectivity index is 1.37. The summed E-state index contributed by atoms with van der Waals surface area (Å²) in [5.74, 6) is 1.85. The zero-order valence-electron chi connectivity index (χ0n) is 14.2. The highest BCUT2D eigenvalue weighted by Crippen LogP contribution is 2.33. The largest absolute Gasteiger partial charge is 0.491 e. The number of thioether (sulfide) groups is 1. The average Bonchev–Trinajstić information content (AvgIpc) is 3.21. The number of β-amino-alcohol motifs (C(OH)–C–C–N with tert-alkyl or cyclic N) is 1. The van der Waals surface area contributed by atoms with Crippen LogP contribution in [-0.2, 0) is 4.79 Å². The van der Waals surface area contributed by atoms with Gasteiger partial charge in [-0.3, -0.25) is 9.69 Å². The van der Waals surface area contributed by atoms with Crippen LogP contribution in [0.3, 0.4) is 0 Å². The minimum absolute atomic E-state index is 0.0111. The molecule has 0 radical (unpaired) electrons. The highest BCUT2D eigenvalue weighted by molar-refractivity contribution is 7.99. The lowest BCUT2D eigenvalue weighted by Gasteiger charge is -2.21. The van der Waals surface area contributed by atoms with Crippen LogP contribution in [0.25, 0.3) is 10.8 Å². The Morgan fingerprint density at radius 2 is 2.04 bits per heavy atom. The third-order valence-corrected chi connectivity index (χ3v) is 6.01. The Hall–Kier alpha value is -2.25. The SMILES string of the molecule is O=C1N[C@@]2(CCSC2)C(=O)N1C[C@@H](O)COc1ccc2ccccc2c1. The summed E-state index contributed by atoms with van der Waals surface area (Å²) < 4.78 is 5.65. The predicted molar refractivity (Wildman–Crippen MR) is 100 cm³/mol. The highest BCUT2D eigenvalue weighted by atomic mass is 32.2. The number of hydrogen-bond donors (Lipinski definition) is 2. The Kier molecular flexibility index (Phi) is 4.50. The number of aliphatic hydroxyl groups is 1. The van der Waals surface area contributed by atoms with Gasteiger partial charge in [-0.05, 0) is 35.1 Å². The minimum Gasteiger partial charge on any atom is -0.491 e. The van der Waals surface area contributed by atoms with Crippen molar-refractivity contribution in [1.82, 2.24) is 10.2 Å². The maximum atomic E-state index is 12.6. The predicted octanol–water partition coefficient (Wildman–Crippen LogP) is 2.01. The fraction of sp³-hybridized carbons (Fsp3) is 0.368. The normalized spacial score (nSPS) is 23.7. The molecule has 136 valence electrons. The molecule has 0 aliphatic carbocycles. The van der Waals surface area contributed by atoms with Crippen LogP contribution in [0.5, 0.6) is 5.75 Å². The Morgan fingerprint density at radius 3 is 2.81 bits per heavy atom. The van der Waals surface area contributed by atoms with Crippen molar-refractivity contribution in [3.63, 3.8) is 0 Å². The van der Waals surface area contributed by atoms with Gasteiger partial charge in [0, 0.05) is 5.75 Å². The van der Waals surface area contributed by atoms with E-state index in [9.17, 15) is 14.7 Å². The molecular weight excluding hydrogens is 352 g/mol. The molecule has 0 bridgehead atoms. The van der Waals surface area contributed by atoms with E-state index in [-0.39, 0.29) is 19.1 Å². The van der Waals surface area contributed by atoms with E-state index in [1.165, 1.54) is 0 Å². The van der Waals surface area contributed by atoms with Gasteiger partial charge in [-0.15, -0.1) is 0 Å². The summed E-state index contributed by atoms with van der Waals surface area (Å²) in [5, 5.41) is 15.2. The molecule has 2 aliphatic heterocycles. The van der Waals surface area contributed by atoms with Gasteiger partial charge in [0.05, 0.1) is 6.54 Å². The van der Waals surface area contributed by atoms with Gasteiger partial charge in [-0.25, -0.2) is 4.79 Å². The van der Waals surface area contributed by atoms with Gasteiger partial charge >= 0.3 is 6.03 Å². The second-order valence-electron chi connectivity index (χ2n) is 6.70. The molecule has 26 heavy (non-hydrogen) atoms. The lowest BCUT2D eigenvalue weighted by molar-refractivity contribution is -0.131. The summed E-state index contributed by atoms with van der Waals surface area (Å²) in [6.45, 7) is -0.0538. The smallest absolute Gasteiger partial charge is 0.325 e. The molecule has 1 spiro atoms. The fourth-order valence-electron chi connectivity index (χ4n) is 3.39. The first-order chi connectivity index (χ1) is 12.6. The number of carbonyl (C=O) groups excluding carboxylic acids is 2. The maximum absolute atomic E-state index is 12.6. The van der Waals surface area contributed by atoms with E-state index in [1.54, 1.807) is 11.8 Å². The summed E-state index contributed by atoms with van der Waals surface area (Å²) in [6.07, 6.45) is -0.303. The second-order valence-corrected chi connectivity index (χ2v) is 7.81. The lowest BCUT2D eigenvalue weighted by Crippen LogP contribution is -2.47. The number of urea groups is 1. The molecule has 2 aromatic rings. The van der Waals surface area contributed by atoms with Crippen LogP contribution in [0, 0.1) is 0 Å². The number of aliphatic hydroxyl groups excluding tert-OH is 1. The molecule has 7 heteroatoms. The van der Waals surface area contributed by atoms with E-state index in [0.717, 1.165) is 21.4 Å². The Labute approximate surface area is 155 Å². The van der Waals surface area contributed by atoms with E-state index < -0.39 is 17.7 Å². The van der Waals surface area contributed by atoms with Crippen molar-refractivity contribution >= 4 is 34.5 Å². The number of hydrogen-bond acceptors (Lipinski definition) is 5. The van der Waals surface area contributed by atoms with E-state index >= 15 is 0 Å². The second kappa shape index (κ2) is 6.81. The van der Waals surface area contributed by atoms with E-state index in [1.807, 2.05) is 42.5 Å². The molecule has 0 unspecified atom stereocenters. The highest BCUT2D eigenvalue weighted by Gasteiger charge is 2.53. The number of amides is 3. The van der Waals surface area contributed by atoms with Crippen LogP contribution < -0.4 is 10.1 Å². The van der Waals surface area contributed by atoms with Crippen molar-refractivity contribution < 1.29 is 19.4 Å². The summed E-state index contributed by atoms with van der Waals surface area (Å²) >= 11 is 1.66. The molecule has 3 amide bonds. The van der Waals surface area contributed by atoms with Crippen molar-refractivity contribution in [2.24, 2.45) is 0 Å². The van der Waals surface area contributed by atoms with Gasteiger partial charge < -0.3 is 15.2 Å². The summed E-state index contributed by atoms with van der Waals surface area (Å²) in [6, 6.07) is 13.2. The van der Waals surface area contributed by atoms with Crippen molar-refractivity contribution in [2.45, 2.75) is 18.1 Å². The van der Waals surface area contributed by atoms with E-state index in [0.29, 0.717) is 17.9 Å². The van der Waals surface area contributed by atoms with Crippen LogP contribution in [0.4, 0.5) is 4.79 Å². The first-order valence-corrected chi connectivity index (χ1v) is 9.74. The first kappa shape index (κ1) is 17.2. The van der Waals surface area contributed by atoms with Crippen LogP contribution in [0.2, 0.25) is 0 Å².